The van der Waals surface area contributed by atoms with E-state index < -0.39 is 72.4 Å². The summed E-state index contributed by atoms with van der Waals surface area (Å²) in [7, 11) is 0. The quantitative estimate of drug-likeness (QED) is 0.128. The van der Waals surface area contributed by atoms with Crippen LogP contribution in [-0.4, -0.2) is 92.3 Å². The predicted molar refractivity (Wildman–Crippen MR) is 192 cm³/mol. The zero-order chi connectivity index (χ0) is 38.0. The van der Waals surface area contributed by atoms with Crippen molar-refractivity contribution in [2.24, 2.45) is 17.8 Å². The number of aliphatic hydroxyl groups is 5. The third kappa shape index (κ3) is 18.8. The number of hydrogen-bond acceptors (Lipinski definition) is 11. The van der Waals surface area contributed by atoms with Crippen LogP contribution in [0, 0.1) is 17.8 Å². The van der Waals surface area contributed by atoms with Gasteiger partial charge in [-0.25, -0.2) is 0 Å². The van der Waals surface area contributed by atoms with Crippen molar-refractivity contribution in [2.75, 3.05) is 0 Å². The molecule has 1 aliphatic rings. The largest absolute Gasteiger partial charge is 0.462 e. The number of carbonyl (C=O) groups is 3. The minimum Gasteiger partial charge on any atom is -0.462 e. The first-order valence-corrected chi connectivity index (χ1v) is 18.7. The zero-order valence-corrected chi connectivity index (χ0v) is 31.9. The lowest BCUT2D eigenvalue weighted by atomic mass is 9.87. The molecule has 290 valence electrons. The van der Waals surface area contributed by atoms with Gasteiger partial charge in [-0.3, -0.25) is 14.4 Å². The maximum Gasteiger partial charge on any atom is 0.311 e. The van der Waals surface area contributed by atoms with Crippen LogP contribution >= 0.6 is 0 Å². The second-order valence-electron chi connectivity index (χ2n) is 14.8. The summed E-state index contributed by atoms with van der Waals surface area (Å²) in [5, 5.41) is 54.6. The van der Waals surface area contributed by atoms with Gasteiger partial charge in [0.2, 0.25) is 0 Å². The number of cyclic esters (lactones) is 1. The monoisotopic (exact) mass is 712 g/mol. The molecule has 0 spiro atoms. The van der Waals surface area contributed by atoms with Crippen LogP contribution in [-0.2, 0) is 28.6 Å². The van der Waals surface area contributed by atoms with Crippen molar-refractivity contribution in [3.63, 3.8) is 0 Å². The molecule has 0 saturated heterocycles. The zero-order valence-electron chi connectivity index (χ0n) is 31.9. The van der Waals surface area contributed by atoms with Crippen LogP contribution in [0.2, 0.25) is 0 Å². The van der Waals surface area contributed by atoms with Gasteiger partial charge in [0.15, 0.2) is 0 Å². The lowest BCUT2D eigenvalue weighted by Crippen LogP contribution is -2.39. The van der Waals surface area contributed by atoms with Crippen LogP contribution in [0.5, 0.6) is 0 Å². The highest BCUT2D eigenvalue weighted by molar-refractivity contribution is 5.73. The molecule has 5 N–H and O–H groups in total. The number of aliphatic hydroxyl groups excluding tert-OH is 5. The molecule has 11 atom stereocenters. The van der Waals surface area contributed by atoms with Crippen LogP contribution in [0.3, 0.4) is 0 Å². The summed E-state index contributed by atoms with van der Waals surface area (Å²) in [5.74, 6) is -3.43. The molecule has 50 heavy (non-hydrogen) atoms. The van der Waals surface area contributed by atoms with Gasteiger partial charge < -0.3 is 39.7 Å². The van der Waals surface area contributed by atoms with E-state index in [1.54, 1.807) is 26.8 Å². The van der Waals surface area contributed by atoms with E-state index in [9.17, 15) is 39.9 Å². The van der Waals surface area contributed by atoms with E-state index in [4.69, 9.17) is 14.2 Å². The van der Waals surface area contributed by atoms with Gasteiger partial charge in [-0.1, -0.05) is 44.4 Å². The second kappa shape index (κ2) is 24.0. The highest BCUT2D eigenvalue weighted by Crippen LogP contribution is 2.27. The first-order valence-electron chi connectivity index (χ1n) is 18.7. The summed E-state index contributed by atoms with van der Waals surface area (Å²) in [6.45, 7) is 13.6. The van der Waals surface area contributed by atoms with E-state index in [1.807, 2.05) is 20.8 Å². The van der Waals surface area contributed by atoms with E-state index in [0.29, 0.717) is 44.9 Å². The molecule has 0 radical (unpaired) electrons. The molecule has 0 aromatic rings. The number of hydrogen-bond donors (Lipinski definition) is 5. The van der Waals surface area contributed by atoms with E-state index in [-0.39, 0.29) is 37.8 Å². The first-order chi connectivity index (χ1) is 23.4. The second-order valence-corrected chi connectivity index (χ2v) is 14.8. The first kappa shape index (κ1) is 45.7. The van der Waals surface area contributed by atoms with Crippen LogP contribution in [0.1, 0.15) is 139 Å². The number of ether oxygens (including phenoxy) is 3. The molecular weight excluding hydrogens is 644 g/mol. The van der Waals surface area contributed by atoms with Gasteiger partial charge in [0, 0.05) is 39.0 Å². The molecule has 0 amide bonds. The Balaban J connectivity index is 3.30. The summed E-state index contributed by atoms with van der Waals surface area (Å²) in [4.78, 5) is 36.9. The third-order valence-corrected chi connectivity index (χ3v) is 9.76. The van der Waals surface area contributed by atoms with Crippen LogP contribution in [0.25, 0.3) is 0 Å². The number of esters is 3. The van der Waals surface area contributed by atoms with E-state index in [0.717, 1.165) is 24.0 Å². The predicted octanol–water partition coefficient (Wildman–Crippen LogP) is 5.47. The third-order valence-electron chi connectivity index (χ3n) is 9.76. The van der Waals surface area contributed by atoms with Crippen molar-refractivity contribution in [3.05, 3.63) is 23.3 Å². The van der Waals surface area contributed by atoms with Crippen molar-refractivity contribution < 1.29 is 54.1 Å². The molecule has 1 rings (SSSR count). The van der Waals surface area contributed by atoms with Gasteiger partial charge in [-0.05, 0) is 90.6 Å². The molecular formula is C39H68O11. The minimum absolute atomic E-state index is 0.0872. The molecule has 1 aliphatic heterocycles. The van der Waals surface area contributed by atoms with Gasteiger partial charge in [-0.15, -0.1) is 0 Å². The molecule has 11 heteroatoms. The molecule has 1 heterocycles. The molecule has 0 saturated carbocycles. The number of carbonyl (C=O) groups excluding carboxylic acids is 3. The number of allylic oxidation sites excluding steroid dienone is 2. The number of rotatable bonds is 7. The van der Waals surface area contributed by atoms with Gasteiger partial charge in [0.05, 0.1) is 36.4 Å². The molecule has 0 bridgehead atoms. The minimum atomic E-state index is -1.09. The molecule has 0 aliphatic carbocycles. The lowest BCUT2D eigenvalue weighted by Gasteiger charge is -2.31. The summed E-state index contributed by atoms with van der Waals surface area (Å²) in [5.41, 5.74) is 1.90. The lowest BCUT2D eigenvalue weighted by molar-refractivity contribution is -0.160. The maximum absolute atomic E-state index is 13.5. The van der Waals surface area contributed by atoms with Crippen LogP contribution in [0.15, 0.2) is 23.3 Å². The normalized spacial score (nSPS) is 34.3. The van der Waals surface area contributed by atoms with Crippen molar-refractivity contribution in [2.45, 2.75) is 188 Å². The molecule has 11 nitrogen and oxygen atoms in total. The smallest absolute Gasteiger partial charge is 0.311 e. The SMILES string of the molecule is CCC[C@H](C/C(C)=C\C1OC(=O)[C@@H](C)[C@@H](O)[C@H](C)CC[C@H](O)CC(OC(C)=O)C[C@@H](O)CC/C(C)=C\CCC[C@@H](O)C[C@H](O)[C@@H]1C)OC(C)=O. The van der Waals surface area contributed by atoms with Crippen molar-refractivity contribution >= 4 is 17.9 Å². The fourth-order valence-electron chi connectivity index (χ4n) is 6.56. The highest BCUT2D eigenvalue weighted by atomic mass is 16.6. The Labute approximate surface area is 300 Å². The Morgan fingerprint density at radius 3 is 2.14 bits per heavy atom. The van der Waals surface area contributed by atoms with Gasteiger partial charge in [-0.2, -0.15) is 0 Å². The standard InChI is InChI=1S/C39H68O11/c1-9-12-34(48-29(7)40)19-25(3)20-37-27(5)36(45)23-31(42)14-11-10-13-24(2)15-17-32(43)21-35(49-30(8)41)22-33(44)18-16-26(4)38(46)28(6)39(47)50-37/h13,20,26-28,31-38,42-46H,9-12,14-19,21-23H2,1-8H3/b24-13-,25-20-/t26-,27+,28+,31-,32+,33+,34-,35?,36+,37?,38+/m1/s1. The van der Waals surface area contributed by atoms with Crippen LogP contribution in [0.4, 0.5) is 0 Å². The highest BCUT2D eigenvalue weighted by Gasteiger charge is 2.34. The van der Waals surface area contributed by atoms with E-state index in [2.05, 4.69) is 6.08 Å². The van der Waals surface area contributed by atoms with Gasteiger partial charge in [0.25, 0.3) is 0 Å². The van der Waals surface area contributed by atoms with Crippen molar-refractivity contribution in [3.8, 4) is 0 Å². The summed E-state index contributed by atoms with van der Waals surface area (Å²) in [6, 6.07) is 0. The Morgan fingerprint density at radius 2 is 1.54 bits per heavy atom. The van der Waals surface area contributed by atoms with E-state index in [1.165, 1.54) is 13.8 Å². The Hall–Kier alpha value is -2.31. The summed E-state index contributed by atoms with van der Waals surface area (Å²) < 4.78 is 16.9. The Morgan fingerprint density at radius 1 is 0.920 bits per heavy atom. The van der Waals surface area contributed by atoms with Crippen molar-refractivity contribution in [1.82, 2.24) is 0 Å². The molecule has 0 fully saturated rings. The maximum atomic E-state index is 13.5. The average Bonchev–Trinajstić information content (AvgIpc) is 3.02. The molecule has 0 aromatic carbocycles. The molecule has 2 unspecified atom stereocenters. The average molecular weight is 713 g/mol. The van der Waals surface area contributed by atoms with Gasteiger partial charge in [0.1, 0.15) is 18.3 Å². The van der Waals surface area contributed by atoms with Crippen LogP contribution < -0.4 is 0 Å². The Kier molecular flexibility index (Phi) is 22.0. The fraction of sp³-hybridized carbons (Fsp3) is 0.821. The Bertz CT molecular complexity index is 1070. The van der Waals surface area contributed by atoms with Gasteiger partial charge >= 0.3 is 17.9 Å². The summed E-state index contributed by atoms with van der Waals surface area (Å²) in [6.07, 6.45) is 3.48. The van der Waals surface area contributed by atoms with E-state index >= 15 is 0 Å². The van der Waals surface area contributed by atoms with Crippen molar-refractivity contribution in [1.29, 1.82) is 0 Å². The fourth-order valence-corrected chi connectivity index (χ4v) is 6.56. The topological polar surface area (TPSA) is 180 Å². The summed E-state index contributed by atoms with van der Waals surface area (Å²) >= 11 is 0. The molecule has 0 aromatic heterocycles.